The van der Waals surface area contributed by atoms with E-state index >= 15 is 0 Å². The highest BCUT2D eigenvalue weighted by molar-refractivity contribution is 14.1. The summed E-state index contributed by atoms with van der Waals surface area (Å²) in [7, 11) is 0. The van der Waals surface area contributed by atoms with Gasteiger partial charge in [-0.3, -0.25) is 0 Å². The zero-order chi connectivity index (χ0) is 15.4. The molecule has 0 spiro atoms. The van der Waals surface area contributed by atoms with Gasteiger partial charge in [-0.05, 0) is 48.2 Å². The molecule has 1 aliphatic rings. The van der Waals surface area contributed by atoms with Crippen LogP contribution in [-0.4, -0.2) is 59.2 Å². The van der Waals surface area contributed by atoms with E-state index < -0.39 is 0 Å². The summed E-state index contributed by atoms with van der Waals surface area (Å²) in [6.07, 6.45) is 0. The highest BCUT2D eigenvalue weighted by atomic mass is 127. The van der Waals surface area contributed by atoms with Gasteiger partial charge in [-0.2, -0.15) is 0 Å². The monoisotopic (exact) mass is 420 g/mol. The maximum Gasteiger partial charge on any atom is 0.171 e. The minimum atomic E-state index is 0.194. The van der Waals surface area contributed by atoms with Gasteiger partial charge in [-0.25, -0.2) is 0 Å². The van der Waals surface area contributed by atoms with Gasteiger partial charge < -0.3 is 19.6 Å². The molecule has 0 aliphatic carbocycles. The molecule has 0 saturated carbocycles. The smallest absolute Gasteiger partial charge is 0.171 e. The summed E-state index contributed by atoms with van der Waals surface area (Å²) in [4.78, 5) is 5.50. The Morgan fingerprint density at radius 1 is 1.29 bits per heavy atom. The number of nitrogens with zero attached hydrogens (tertiary/aromatic N) is 2. The van der Waals surface area contributed by atoms with Crippen molar-refractivity contribution in [1.82, 2.24) is 9.80 Å². The van der Waals surface area contributed by atoms with Crippen molar-refractivity contribution in [1.29, 1.82) is 0 Å². The molecule has 6 heteroatoms. The van der Waals surface area contributed by atoms with E-state index in [1.54, 1.807) is 0 Å². The molecule has 0 unspecified atom stereocenters. The van der Waals surface area contributed by atoms with Gasteiger partial charge in [0.15, 0.2) is 11.5 Å². The molecule has 0 aromatic heterocycles. The van der Waals surface area contributed by atoms with Crippen LogP contribution in [-0.2, 0) is 0 Å². The van der Waals surface area contributed by atoms with Gasteiger partial charge >= 0.3 is 0 Å². The second-order valence-corrected chi connectivity index (χ2v) is 6.51. The van der Waals surface area contributed by atoms with E-state index in [2.05, 4.69) is 39.3 Å². The quantitative estimate of drug-likeness (QED) is 0.599. The van der Waals surface area contributed by atoms with Crippen LogP contribution < -0.4 is 4.74 Å². The van der Waals surface area contributed by atoms with Gasteiger partial charge in [0, 0.05) is 31.7 Å². The van der Waals surface area contributed by atoms with Crippen molar-refractivity contribution in [2.45, 2.75) is 13.8 Å². The lowest BCUT2D eigenvalue weighted by molar-refractivity contribution is 0.192. The molecule has 4 nitrogen and oxygen atoms in total. The number of rotatable bonds is 4. The molecule has 1 aromatic carbocycles. The lowest BCUT2D eigenvalue weighted by atomic mass is 10.1. The second-order valence-electron chi connectivity index (χ2n) is 4.96. The highest BCUT2D eigenvalue weighted by Gasteiger charge is 2.20. The summed E-state index contributed by atoms with van der Waals surface area (Å²) in [5, 5.41) is 10.0. The third kappa shape index (κ3) is 3.98. The van der Waals surface area contributed by atoms with E-state index in [-0.39, 0.29) is 5.75 Å². The topological polar surface area (TPSA) is 35.9 Å². The molecule has 1 fully saturated rings. The molecule has 2 rings (SSSR count). The normalized spacial score (nSPS) is 16.0. The summed E-state index contributed by atoms with van der Waals surface area (Å²) in [5.41, 5.74) is 0.945. The Kier molecular flexibility index (Phi) is 6.07. The van der Waals surface area contributed by atoms with Crippen molar-refractivity contribution in [3.05, 3.63) is 21.3 Å². The Bertz CT molecular complexity index is 517. The maximum absolute atomic E-state index is 10.0. The van der Waals surface area contributed by atoms with E-state index in [0.29, 0.717) is 12.4 Å². The number of aromatic hydroxyl groups is 1. The van der Waals surface area contributed by atoms with Crippen molar-refractivity contribution in [3.8, 4) is 11.5 Å². The van der Waals surface area contributed by atoms with Gasteiger partial charge in [0.2, 0.25) is 0 Å². The Morgan fingerprint density at radius 3 is 2.52 bits per heavy atom. The van der Waals surface area contributed by atoms with Crippen molar-refractivity contribution in [2.75, 3.05) is 39.3 Å². The van der Waals surface area contributed by atoms with Gasteiger partial charge in [-0.1, -0.05) is 19.1 Å². The number of benzene rings is 1. The molecule has 0 amide bonds. The number of halogens is 1. The standard InChI is InChI=1S/C15H21IN2O2S/c1-3-17-5-7-18(8-6-17)15(21)11-9-12(16)14(19)13(10-11)20-4-2/h9-10,19H,3-8H2,1-2H3. The first kappa shape index (κ1) is 16.8. The zero-order valence-electron chi connectivity index (χ0n) is 12.4. The fourth-order valence-electron chi connectivity index (χ4n) is 2.41. The van der Waals surface area contributed by atoms with Crippen LogP contribution in [0, 0.1) is 3.57 Å². The van der Waals surface area contributed by atoms with Crippen LogP contribution in [0.4, 0.5) is 0 Å². The first-order chi connectivity index (χ1) is 10.1. The molecular formula is C15H21IN2O2S. The number of phenols is 1. The third-order valence-corrected chi connectivity index (χ3v) is 5.00. The van der Waals surface area contributed by atoms with Crippen LogP contribution in [0.25, 0.3) is 0 Å². The fraction of sp³-hybridized carbons (Fsp3) is 0.533. The summed E-state index contributed by atoms with van der Waals surface area (Å²) in [5.74, 6) is 0.703. The highest BCUT2D eigenvalue weighted by Crippen LogP contribution is 2.33. The number of likely N-dealkylation sites (N-methyl/N-ethyl adjacent to an activating group) is 1. The second kappa shape index (κ2) is 7.60. The lowest BCUT2D eigenvalue weighted by Gasteiger charge is -2.35. The predicted molar refractivity (Wildman–Crippen MR) is 97.4 cm³/mol. The maximum atomic E-state index is 10.0. The van der Waals surface area contributed by atoms with E-state index in [0.717, 1.165) is 46.8 Å². The predicted octanol–water partition coefficient (Wildman–Crippen LogP) is 2.71. The molecule has 116 valence electrons. The van der Waals surface area contributed by atoms with Crippen LogP contribution >= 0.6 is 34.8 Å². The van der Waals surface area contributed by atoms with Crippen LogP contribution in [0.2, 0.25) is 0 Å². The van der Waals surface area contributed by atoms with Crippen molar-refractivity contribution in [2.24, 2.45) is 0 Å². The Balaban J connectivity index is 2.16. The average molecular weight is 420 g/mol. The van der Waals surface area contributed by atoms with Crippen molar-refractivity contribution < 1.29 is 9.84 Å². The summed E-state index contributed by atoms with van der Waals surface area (Å²) in [6.45, 7) is 9.70. The lowest BCUT2D eigenvalue weighted by Crippen LogP contribution is -2.48. The largest absolute Gasteiger partial charge is 0.504 e. The molecule has 1 heterocycles. The van der Waals surface area contributed by atoms with Crippen LogP contribution in [0.3, 0.4) is 0 Å². The van der Waals surface area contributed by atoms with E-state index in [4.69, 9.17) is 17.0 Å². The first-order valence-electron chi connectivity index (χ1n) is 7.23. The van der Waals surface area contributed by atoms with E-state index in [9.17, 15) is 5.11 Å². The number of phenolic OH excluding ortho intramolecular Hbond substituents is 1. The molecule has 0 bridgehead atoms. The summed E-state index contributed by atoms with van der Waals surface area (Å²) in [6, 6.07) is 3.77. The van der Waals surface area contributed by atoms with Crippen LogP contribution in [0.15, 0.2) is 12.1 Å². The van der Waals surface area contributed by atoms with Gasteiger partial charge in [0.1, 0.15) is 4.99 Å². The van der Waals surface area contributed by atoms with Crippen molar-refractivity contribution in [3.63, 3.8) is 0 Å². The third-order valence-electron chi connectivity index (χ3n) is 3.68. The minimum absolute atomic E-state index is 0.194. The SMILES string of the molecule is CCOc1cc(C(=S)N2CCN(CC)CC2)cc(I)c1O. The number of thiocarbonyl (C=S) groups is 1. The minimum Gasteiger partial charge on any atom is -0.504 e. The molecule has 0 atom stereocenters. The molecule has 1 aliphatic heterocycles. The van der Waals surface area contributed by atoms with Crippen LogP contribution in [0.5, 0.6) is 11.5 Å². The van der Waals surface area contributed by atoms with Crippen molar-refractivity contribution >= 4 is 39.8 Å². The molecule has 1 saturated heterocycles. The first-order valence-corrected chi connectivity index (χ1v) is 8.72. The summed E-state index contributed by atoms with van der Waals surface area (Å²) >= 11 is 7.74. The summed E-state index contributed by atoms with van der Waals surface area (Å²) < 4.78 is 6.26. The molecule has 21 heavy (non-hydrogen) atoms. The molecule has 1 N–H and O–H groups in total. The average Bonchev–Trinajstić information content (AvgIpc) is 2.51. The van der Waals surface area contributed by atoms with Crippen LogP contribution in [0.1, 0.15) is 19.4 Å². The number of piperazine rings is 1. The Labute approximate surface area is 145 Å². The number of hydrogen-bond donors (Lipinski definition) is 1. The number of ether oxygens (including phenoxy) is 1. The molecular weight excluding hydrogens is 399 g/mol. The van der Waals surface area contributed by atoms with Gasteiger partial charge in [-0.15, -0.1) is 0 Å². The Morgan fingerprint density at radius 2 is 1.95 bits per heavy atom. The zero-order valence-corrected chi connectivity index (χ0v) is 15.4. The van der Waals surface area contributed by atoms with Gasteiger partial charge in [0.25, 0.3) is 0 Å². The van der Waals surface area contributed by atoms with E-state index in [1.807, 2.05) is 19.1 Å². The molecule has 1 aromatic rings. The van der Waals surface area contributed by atoms with Gasteiger partial charge in [0.05, 0.1) is 10.2 Å². The van der Waals surface area contributed by atoms with E-state index in [1.165, 1.54) is 0 Å². The fourth-order valence-corrected chi connectivity index (χ4v) is 3.31. The number of hydrogen-bond acceptors (Lipinski definition) is 4. The Hall–Kier alpha value is -0.600. The molecule has 0 radical (unpaired) electrons.